The van der Waals surface area contributed by atoms with Gasteiger partial charge in [-0.05, 0) is 43.2 Å². The van der Waals surface area contributed by atoms with Crippen LogP contribution in [0.2, 0.25) is 0 Å². The predicted octanol–water partition coefficient (Wildman–Crippen LogP) is 4.83. The van der Waals surface area contributed by atoms with E-state index in [1.807, 2.05) is 37.4 Å². The monoisotopic (exact) mass is 429 g/mol. The number of carbonyl (C=O) groups is 2. The molecule has 144 valence electrons. The molecular formula is C20H19N3O2S3. The Morgan fingerprint density at radius 1 is 1.36 bits per heavy atom. The largest absolute Gasteiger partial charge is 0.289 e. The van der Waals surface area contributed by atoms with Crippen LogP contribution in [0, 0.1) is 13.8 Å². The maximum atomic E-state index is 12.5. The third kappa shape index (κ3) is 4.09. The van der Waals surface area contributed by atoms with E-state index >= 15 is 0 Å². The molecule has 28 heavy (non-hydrogen) atoms. The lowest BCUT2D eigenvalue weighted by molar-refractivity contribution is -0.121. The molecule has 1 aromatic carbocycles. The number of hydrogen-bond donors (Lipinski definition) is 0. The Labute approximate surface area is 177 Å². The van der Waals surface area contributed by atoms with E-state index in [4.69, 9.17) is 12.2 Å². The van der Waals surface area contributed by atoms with E-state index in [0.29, 0.717) is 26.6 Å². The smallest absolute Gasteiger partial charge is 0.266 e. The fraction of sp³-hybridized carbons (Fsp3) is 0.200. The second kappa shape index (κ2) is 8.38. The minimum absolute atomic E-state index is 0.124. The summed E-state index contributed by atoms with van der Waals surface area (Å²) in [6, 6.07) is 5.86. The summed E-state index contributed by atoms with van der Waals surface area (Å²) >= 11 is 7.85. The average molecular weight is 430 g/mol. The van der Waals surface area contributed by atoms with Crippen molar-refractivity contribution in [3.8, 4) is 0 Å². The molecule has 2 amide bonds. The van der Waals surface area contributed by atoms with E-state index in [-0.39, 0.29) is 11.8 Å². The summed E-state index contributed by atoms with van der Waals surface area (Å²) in [7, 11) is 0. The van der Waals surface area contributed by atoms with Crippen molar-refractivity contribution in [2.24, 2.45) is 0 Å². The number of hydrogen-bond acceptors (Lipinski definition) is 6. The number of amides is 2. The van der Waals surface area contributed by atoms with Gasteiger partial charge in [0.1, 0.15) is 4.32 Å². The number of anilines is 2. The molecule has 0 atom stereocenters. The molecule has 0 bridgehead atoms. The summed E-state index contributed by atoms with van der Waals surface area (Å²) in [5.74, 6) is -0.275. The summed E-state index contributed by atoms with van der Waals surface area (Å²) in [5.41, 5.74) is 3.66. The standard InChI is InChI=1S/C20H19N3O2S3/c1-5-8-22-18(25)17(28-20(22)26)10-15-11-27-19(21-15)23(14(4)24)16-7-6-12(2)13(3)9-16/h5-7,9-11H,1,8H2,2-4H3. The number of nitrogens with zero attached hydrogens (tertiary/aromatic N) is 3. The normalized spacial score (nSPS) is 15.4. The number of aryl methyl sites for hydroxylation is 2. The number of thioether (sulfide) groups is 1. The zero-order valence-electron chi connectivity index (χ0n) is 15.8. The number of rotatable bonds is 5. The predicted molar refractivity (Wildman–Crippen MR) is 121 cm³/mol. The highest BCUT2D eigenvalue weighted by atomic mass is 32.2. The maximum absolute atomic E-state index is 12.5. The Balaban J connectivity index is 1.91. The summed E-state index contributed by atoms with van der Waals surface area (Å²) in [5, 5.41) is 2.38. The number of carbonyl (C=O) groups excluding carboxylic acids is 2. The van der Waals surface area contributed by atoms with Gasteiger partial charge in [0, 0.05) is 18.8 Å². The first-order chi connectivity index (χ1) is 13.3. The summed E-state index contributed by atoms with van der Waals surface area (Å²) < 4.78 is 0.507. The topological polar surface area (TPSA) is 53.5 Å². The Morgan fingerprint density at radius 2 is 2.11 bits per heavy atom. The van der Waals surface area contributed by atoms with Crippen molar-refractivity contribution >= 4 is 68.3 Å². The van der Waals surface area contributed by atoms with Crippen LogP contribution in [0.25, 0.3) is 6.08 Å². The molecule has 0 spiro atoms. The van der Waals surface area contributed by atoms with Gasteiger partial charge in [-0.3, -0.25) is 19.4 Å². The SMILES string of the molecule is C=CCN1C(=O)C(=Cc2csc(N(C(C)=O)c3ccc(C)c(C)c3)n2)SC1=S. The summed E-state index contributed by atoms with van der Waals surface area (Å²) in [6.45, 7) is 9.58. The van der Waals surface area contributed by atoms with Gasteiger partial charge in [0.15, 0.2) is 5.13 Å². The van der Waals surface area contributed by atoms with E-state index in [1.54, 1.807) is 17.1 Å². The van der Waals surface area contributed by atoms with Crippen LogP contribution in [0.1, 0.15) is 23.7 Å². The van der Waals surface area contributed by atoms with Crippen LogP contribution in [0.4, 0.5) is 10.8 Å². The van der Waals surface area contributed by atoms with Crippen LogP contribution in [0.15, 0.2) is 41.1 Å². The Bertz CT molecular complexity index is 1010. The lowest BCUT2D eigenvalue weighted by atomic mass is 10.1. The van der Waals surface area contributed by atoms with Gasteiger partial charge in [0.25, 0.3) is 5.91 Å². The highest BCUT2D eigenvalue weighted by molar-refractivity contribution is 8.26. The fourth-order valence-corrected chi connectivity index (χ4v) is 4.76. The van der Waals surface area contributed by atoms with Gasteiger partial charge in [0.05, 0.1) is 16.3 Å². The van der Waals surface area contributed by atoms with Crippen LogP contribution in [0.5, 0.6) is 0 Å². The van der Waals surface area contributed by atoms with E-state index in [0.717, 1.165) is 16.8 Å². The number of aromatic nitrogens is 1. The average Bonchev–Trinajstić information content (AvgIpc) is 3.18. The Morgan fingerprint density at radius 3 is 2.75 bits per heavy atom. The molecule has 1 aliphatic rings. The van der Waals surface area contributed by atoms with E-state index in [2.05, 4.69) is 11.6 Å². The quantitative estimate of drug-likeness (QED) is 0.387. The van der Waals surface area contributed by atoms with Crippen molar-refractivity contribution in [2.45, 2.75) is 20.8 Å². The van der Waals surface area contributed by atoms with Crippen molar-refractivity contribution in [1.29, 1.82) is 0 Å². The van der Waals surface area contributed by atoms with Crippen molar-refractivity contribution in [3.05, 3.63) is 58.0 Å². The first kappa shape index (κ1) is 20.4. The molecule has 1 saturated heterocycles. The van der Waals surface area contributed by atoms with Crippen LogP contribution in [0.3, 0.4) is 0 Å². The van der Waals surface area contributed by atoms with Crippen LogP contribution >= 0.6 is 35.3 Å². The Kier molecular flexibility index (Phi) is 6.12. The van der Waals surface area contributed by atoms with Crippen molar-refractivity contribution in [1.82, 2.24) is 9.88 Å². The number of thiazole rings is 1. The molecule has 2 heterocycles. The van der Waals surface area contributed by atoms with Crippen molar-refractivity contribution in [3.63, 3.8) is 0 Å². The second-order valence-electron chi connectivity index (χ2n) is 6.26. The lowest BCUT2D eigenvalue weighted by Gasteiger charge is -2.19. The van der Waals surface area contributed by atoms with E-state index in [1.165, 1.54) is 34.9 Å². The van der Waals surface area contributed by atoms with Crippen molar-refractivity contribution < 1.29 is 9.59 Å². The van der Waals surface area contributed by atoms with Crippen molar-refractivity contribution in [2.75, 3.05) is 11.4 Å². The summed E-state index contributed by atoms with van der Waals surface area (Å²) in [4.78, 5) is 32.9. The minimum Gasteiger partial charge on any atom is -0.289 e. The van der Waals surface area contributed by atoms with Gasteiger partial charge in [-0.15, -0.1) is 17.9 Å². The maximum Gasteiger partial charge on any atom is 0.266 e. The lowest BCUT2D eigenvalue weighted by Crippen LogP contribution is -2.27. The molecule has 5 nitrogen and oxygen atoms in total. The molecule has 1 aliphatic heterocycles. The third-order valence-corrected chi connectivity index (χ3v) is 6.45. The van der Waals surface area contributed by atoms with Gasteiger partial charge < -0.3 is 0 Å². The molecule has 8 heteroatoms. The molecule has 0 N–H and O–H groups in total. The van der Waals surface area contributed by atoms with Gasteiger partial charge >= 0.3 is 0 Å². The first-order valence-corrected chi connectivity index (χ1v) is 10.6. The molecule has 2 aromatic rings. The van der Waals surface area contributed by atoms with Gasteiger partial charge in [0.2, 0.25) is 5.91 Å². The molecular weight excluding hydrogens is 410 g/mol. The number of benzene rings is 1. The fourth-order valence-electron chi connectivity index (χ4n) is 2.66. The van der Waals surface area contributed by atoms with Crippen LogP contribution < -0.4 is 4.90 Å². The minimum atomic E-state index is -0.151. The van der Waals surface area contributed by atoms with Gasteiger partial charge in [-0.25, -0.2) is 4.98 Å². The molecule has 1 aromatic heterocycles. The molecule has 0 saturated carbocycles. The molecule has 0 unspecified atom stereocenters. The molecule has 0 aliphatic carbocycles. The first-order valence-electron chi connectivity index (χ1n) is 8.51. The zero-order valence-corrected chi connectivity index (χ0v) is 18.2. The van der Waals surface area contributed by atoms with Crippen LogP contribution in [-0.4, -0.2) is 32.6 Å². The van der Waals surface area contributed by atoms with Gasteiger partial charge in [-0.1, -0.05) is 36.1 Å². The van der Waals surface area contributed by atoms with E-state index in [9.17, 15) is 9.59 Å². The second-order valence-corrected chi connectivity index (χ2v) is 8.77. The van der Waals surface area contributed by atoms with Crippen LogP contribution in [-0.2, 0) is 9.59 Å². The van der Waals surface area contributed by atoms with E-state index < -0.39 is 0 Å². The highest BCUT2D eigenvalue weighted by Gasteiger charge is 2.31. The molecule has 3 rings (SSSR count). The highest BCUT2D eigenvalue weighted by Crippen LogP contribution is 2.34. The number of thiocarbonyl (C=S) groups is 1. The zero-order chi connectivity index (χ0) is 20.4. The van der Waals surface area contributed by atoms with Gasteiger partial charge in [-0.2, -0.15) is 0 Å². The Hall–Kier alpha value is -2.29. The summed E-state index contributed by atoms with van der Waals surface area (Å²) in [6.07, 6.45) is 3.35. The molecule has 1 fully saturated rings. The third-order valence-electron chi connectivity index (χ3n) is 4.23. The molecule has 0 radical (unpaired) electrons.